The van der Waals surface area contributed by atoms with Crippen LogP contribution >= 0.6 is 0 Å². The van der Waals surface area contributed by atoms with E-state index in [9.17, 15) is 4.79 Å². The highest BCUT2D eigenvalue weighted by Crippen LogP contribution is 2.35. The summed E-state index contributed by atoms with van der Waals surface area (Å²) in [6.07, 6.45) is 3.38. The number of esters is 1. The highest BCUT2D eigenvalue weighted by atomic mass is 16.5. The Hall–Kier alpha value is -1.51. The third-order valence-electron chi connectivity index (χ3n) is 4.73. The zero-order valence-electron chi connectivity index (χ0n) is 13.6. The SMILES string of the molecule is Cc1ccc(C(=O)OC2CC(C)CCC2C(C)C)cc1N. The van der Waals surface area contributed by atoms with Gasteiger partial charge in [0.1, 0.15) is 6.10 Å². The molecule has 3 unspecified atom stereocenters. The molecule has 116 valence electrons. The van der Waals surface area contributed by atoms with Crippen LogP contribution in [0.1, 0.15) is 56.0 Å². The second-order valence-corrected chi connectivity index (χ2v) is 6.84. The molecule has 0 amide bonds. The second-order valence-electron chi connectivity index (χ2n) is 6.84. The predicted molar refractivity (Wildman–Crippen MR) is 86.1 cm³/mol. The van der Waals surface area contributed by atoms with E-state index in [1.807, 2.05) is 13.0 Å². The Morgan fingerprint density at radius 1 is 1.33 bits per heavy atom. The van der Waals surface area contributed by atoms with Crippen molar-refractivity contribution in [2.24, 2.45) is 17.8 Å². The molecule has 1 aromatic rings. The summed E-state index contributed by atoms with van der Waals surface area (Å²) in [4.78, 5) is 12.4. The number of nitrogen functional groups attached to an aromatic ring is 1. The fourth-order valence-corrected chi connectivity index (χ4v) is 3.22. The van der Waals surface area contributed by atoms with Gasteiger partial charge in [0.05, 0.1) is 5.56 Å². The smallest absolute Gasteiger partial charge is 0.338 e. The van der Waals surface area contributed by atoms with Crippen molar-refractivity contribution in [1.82, 2.24) is 0 Å². The summed E-state index contributed by atoms with van der Waals surface area (Å²) >= 11 is 0. The highest BCUT2D eigenvalue weighted by Gasteiger charge is 2.33. The Bertz CT molecular complexity index is 510. The van der Waals surface area contributed by atoms with E-state index in [0.717, 1.165) is 18.4 Å². The van der Waals surface area contributed by atoms with Gasteiger partial charge in [0.2, 0.25) is 0 Å². The molecule has 1 fully saturated rings. The Kier molecular flexibility index (Phi) is 4.92. The Morgan fingerprint density at radius 3 is 2.67 bits per heavy atom. The van der Waals surface area contributed by atoms with Crippen LogP contribution < -0.4 is 5.73 Å². The van der Waals surface area contributed by atoms with Gasteiger partial charge in [0, 0.05) is 5.69 Å². The number of benzene rings is 1. The molecule has 0 bridgehead atoms. The van der Waals surface area contributed by atoms with Gasteiger partial charge in [-0.2, -0.15) is 0 Å². The van der Waals surface area contributed by atoms with Crippen molar-refractivity contribution in [1.29, 1.82) is 0 Å². The van der Waals surface area contributed by atoms with Gasteiger partial charge in [-0.3, -0.25) is 0 Å². The van der Waals surface area contributed by atoms with Gasteiger partial charge in [-0.15, -0.1) is 0 Å². The molecule has 1 aliphatic rings. The lowest BCUT2D eigenvalue weighted by atomic mass is 9.75. The van der Waals surface area contributed by atoms with Crippen LogP contribution in [0.2, 0.25) is 0 Å². The van der Waals surface area contributed by atoms with Crippen LogP contribution in [0.4, 0.5) is 5.69 Å². The van der Waals surface area contributed by atoms with E-state index in [1.54, 1.807) is 12.1 Å². The molecular weight excluding hydrogens is 262 g/mol. The first-order valence-electron chi connectivity index (χ1n) is 7.95. The van der Waals surface area contributed by atoms with Gasteiger partial charge in [0.15, 0.2) is 0 Å². The topological polar surface area (TPSA) is 52.3 Å². The molecule has 0 aliphatic heterocycles. The van der Waals surface area contributed by atoms with E-state index in [2.05, 4.69) is 20.8 Å². The van der Waals surface area contributed by atoms with Crippen LogP contribution in [0.25, 0.3) is 0 Å². The average molecular weight is 289 g/mol. The summed E-state index contributed by atoms with van der Waals surface area (Å²) in [7, 11) is 0. The molecule has 2 rings (SSSR count). The minimum absolute atomic E-state index is 0.0313. The van der Waals surface area contributed by atoms with Gasteiger partial charge >= 0.3 is 5.97 Å². The number of ether oxygens (including phenoxy) is 1. The monoisotopic (exact) mass is 289 g/mol. The fourth-order valence-electron chi connectivity index (χ4n) is 3.22. The maximum Gasteiger partial charge on any atom is 0.338 e. The number of rotatable bonds is 3. The molecule has 0 heterocycles. The van der Waals surface area contributed by atoms with Crippen LogP contribution in [0, 0.1) is 24.7 Å². The molecule has 1 aromatic carbocycles. The van der Waals surface area contributed by atoms with Crippen LogP contribution in [-0.4, -0.2) is 12.1 Å². The summed E-state index contributed by atoms with van der Waals surface area (Å²) in [6.45, 7) is 8.60. The molecule has 0 aromatic heterocycles. The lowest BCUT2D eigenvalue weighted by Gasteiger charge is -2.36. The number of nitrogens with two attached hydrogens (primary N) is 1. The predicted octanol–water partition coefficient (Wildman–Crippen LogP) is 4.19. The number of carbonyl (C=O) groups excluding carboxylic acids is 1. The average Bonchev–Trinajstić information content (AvgIpc) is 2.41. The molecule has 0 saturated heterocycles. The normalized spacial score (nSPS) is 25.9. The first-order chi connectivity index (χ1) is 9.88. The maximum atomic E-state index is 12.4. The number of carbonyl (C=O) groups is 1. The van der Waals surface area contributed by atoms with Crippen molar-refractivity contribution in [3.05, 3.63) is 29.3 Å². The third-order valence-corrected chi connectivity index (χ3v) is 4.73. The summed E-state index contributed by atoms with van der Waals surface area (Å²) in [5.74, 6) is 1.39. The van der Waals surface area contributed by atoms with Crippen LogP contribution in [-0.2, 0) is 4.74 Å². The number of hydrogen-bond donors (Lipinski definition) is 1. The van der Waals surface area contributed by atoms with Crippen molar-refractivity contribution < 1.29 is 9.53 Å². The Balaban J connectivity index is 2.10. The van der Waals surface area contributed by atoms with Gasteiger partial charge < -0.3 is 10.5 Å². The number of hydrogen-bond acceptors (Lipinski definition) is 3. The summed E-state index contributed by atoms with van der Waals surface area (Å²) in [6, 6.07) is 5.38. The molecular formula is C18H27NO2. The lowest BCUT2D eigenvalue weighted by molar-refractivity contribution is -0.0174. The zero-order chi connectivity index (χ0) is 15.6. The Morgan fingerprint density at radius 2 is 2.05 bits per heavy atom. The van der Waals surface area contributed by atoms with E-state index in [0.29, 0.717) is 29.0 Å². The van der Waals surface area contributed by atoms with Crippen LogP contribution in [0.5, 0.6) is 0 Å². The quantitative estimate of drug-likeness (QED) is 0.670. The molecule has 1 saturated carbocycles. The highest BCUT2D eigenvalue weighted by molar-refractivity contribution is 5.90. The summed E-state index contributed by atoms with van der Waals surface area (Å²) in [5, 5.41) is 0. The Labute approximate surface area is 127 Å². The van der Waals surface area contributed by atoms with Crippen LogP contribution in [0.15, 0.2) is 18.2 Å². The molecule has 3 heteroatoms. The second kappa shape index (κ2) is 6.50. The van der Waals surface area contributed by atoms with E-state index in [4.69, 9.17) is 10.5 Å². The first-order valence-corrected chi connectivity index (χ1v) is 7.95. The molecule has 2 N–H and O–H groups in total. The van der Waals surface area contributed by atoms with E-state index in [-0.39, 0.29) is 12.1 Å². The van der Waals surface area contributed by atoms with Gasteiger partial charge in [0.25, 0.3) is 0 Å². The molecule has 3 atom stereocenters. The van der Waals surface area contributed by atoms with Crippen molar-refractivity contribution >= 4 is 11.7 Å². The molecule has 0 spiro atoms. The molecule has 1 aliphatic carbocycles. The van der Waals surface area contributed by atoms with E-state index in [1.165, 1.54) is 6.42 Å². The summed E-state index contributed by atoms with van der Waals surface area (Å²) in [5.41, 5.74) is 8.06. The lowest BCUT2D eigenvalue weighted by Crippen LogP contribution is -2.35. The largest absolute Gasteiger partial charge is 0.458 e. The van der Waals surface area contributed by atoms with Crippen molar-refractivity contribution in [3.63, 3.8) is 0 Å². The van der Waals surface area contributed by atoms with Crippen molar-refractivity contribution in [2.75, 3.05) is 5.73 Å². The van der Waals surface area contributed by atoms with Crippen molar-refractivity contribution in [3.8, 4) is 0 Å². The minimum atomic E-state index is -0.244. The first kappa shape index (κ1) is 15.9. The number of anilines is 1. The minimum Gasteiger partial charge on any atom is -0.458 e. The zero-order valence-corrected chi connectivity index (χ0v) is 13.6. The van der Waals surface area contributed by atoms with E-state index < -0.39 is 0 Å². The van der Waals surface area contributed by atoms with Gasteiger partial charge in [-0.05, 0) is 55.2 Å². The molecule has 3 nitrogen and oxygen atoms in total. The molecule has 21 heavy (non-hydrogen) atoms. The van der Waals surface area contributed by atoms with Gasteiger partial charge in [-0.25, -0.2) is 4.79 Å². The number of aryl methyl sites for hydroxylation is 1. The fraction of sp³-hybridized carbons (Fsp3) is 0.611. The standard InChI is InChI=1S/C18H27NO2/c1-11(2)15-8-5-12(3)9-17(15)21-18(20)14-7-6-13(4)16(19)10-14/h6-7,10-12,15,17H,5,8-9,19H2,1-4H3. The van der Waals surface area contributed by atoms with E-state index >= 15 is 0 Å². The summed E-state index contributed by atoms with van der Waals surface area (Å²) < 4.78 is 5.82. The third kappa shape index (κ3) is 3.78. The molecule has 0 radical (unpaired) electrons. The van der Waals surface area contributed by atoms with Crippen LogP contribution in [0.3, 0.4) is 0 Å². The van der Waals surface area contributed by atoms with Gasteiger partial charge in [-0.1, -0.05) is 33.3 Å². The van der Waals surface area contributed by atoms with Crippen molar-refractivity contribution in [2.45, 2.75) is 53.1 Å². The maximum absolute atomic E-state index is 12.4.